The van der Waals surface area contributed by atoms with E-state index in [1.165, 1.54) is 7.11 Å². The molecule has 0 aromatic heterocycles. The van der Waals surface area contributed by atoms with Crippen molar-refractivity contribution in [2.45, 2.75) is 37.3 Å². The Morgan fingerprint density at radius 2 is 2.00 bits per heavy atom. The van der Waals surface area contributed by atoms with Gasteiger partial charge in [0.25, 0.3) is 0 Å². The van der Waals surface area contributed by atoms with Gasteiger partial charge in [-0.3, -0.25) is 9.69 Å². The van der Waals surface area contributed by atoms with Crippen LogP contribution in [0.1, 0.15) is 30.7 Å². The van der Waals surface area contributed by atoms with Crippen LogP contribution in [0.3, 0.4) is 0 Å². The Morgan fingerprint density at radius 3 is 2.64 bits per heavy atom. The fourth-order valence-corrected chi connectivity index (χ4v) is 4.32. The average molecular weight is 365 g/mol. The maximum absolute atomic E-state index is 12.3. The number of carbonyl (C=O) groups is 1. The molecule has 0 aliphatic carbocycles. The molecule has 3 rings (SSSR count). The highest BCUT2D eigenvalue weighted by molar-refractivity contribution is 6.42. The molecule has 0 spiro atoms. The molecule has 1 aromatic carbocycles. The van der Waals surface area contributed by atoms with Crippen molar-refractivity contribution in [2.75, 3.05) is 14.2 Å². The molecule has 1 aromatic rings. The van der Waals surface area contributed by atoms with Gasteiger partial charge in [0.1, 0.15) is 0 Å². The SMILES string of the molecule is COC(=O)[C@@H]1C2CC[C@H](C[C@@H]1c1ccc(Cl)c(Cl)c1)N2C.Cl. The van der Waals surface area contributed by atoms with Crippen molar-refractivity contribution in [3.8, 4) is 0 Å². The molecule has 4 atom stereocenters. The van der Waals surface area contributed by atoms with Gasteiger partial charge in [-0.15, -0.1) is 12.4 Å². The third-order valence-corrected chi connectivity index (χ3v) is 5.85. The molecule has 2 aliphatic rings. The van der Waals surface area contributed by atoms with Crippen LogP contribution in [0.4, 0.5) is 0 Å². The summed E-state index contributed by atoms with van der Waals surface area (Å²) in [7, 11) is 3.58. The Morgan fingerprint density at radius 1 is 1.27 bits per heavy atom. The topological polar surface area (TPSA) is 29.5 Å². The van der Waals surface area contributed by atoms with Crippen molar-refractivity contribution < 1.29 is 9.53 Å². The van der Waals surface area contributed by atoms with E-state index in [4.69, 9.17) is 27.9 Å². The number of ether oxygens (including phenoxy) is 1. The van der Waals surface area contributed by atoms with Gasteiger partial charge in [-0.25, -0.2) is 0 Å². The molecule has 2 bridgehead atoms. The molecule has 122 valence electrons. The van der Waals surface area contributed by atoms with Crippen LogP contribution in [-0.2, 0) is 9.53 Å². The Kier molecular flexibility index (Phi) is 5.65. The van der Waals surface area contributed by atoms with Crippen molar-refractivity contribution in [3.63, 3.8) is 0 Å². The van der Waals surface area contributed by atoms with E-state index in [1.54, 1.807) is 0 Å². The average Bonchev–Trinajstić information content (AvgIpc) is 2.72. The van der Waals surface area contributed by atoms with E-state index < -0.39 is 0 Å². The Balaban J connectivity index is 0.00000176. The fraction of sp³-hybridized carbons (Fsp3) is 0.562. The summed E-state index contributed by atoms with van der Waals surface area (Å²) in [6.45, 7) is 0. The minimum absolute atomic E-state index is 0. The fourth-order valence-electron chi connectivity index (χ4n) is 4.01. The van der Waals surface area contributed by atoms with Crippen molar-refractivity contribution in [1.82, 2.24) is 4.90 Å². The van der Waals surface area contributed by atoms with Gasteiger partial charge < -0.3 is 4.74 Å². The number of carbonyl (C=O) groups excluding carboxylic acids is 1. The van der Waals surface area contributed by atoms with Crippen LogP contribution in [0, 0.1) is 5.92 Å². The largest absolute Gasteiger partial charge is 0.469 e. The van der Waals surface area contributed by atoms with Crippen LogP contribution in [0.15, 0.2) is 18.2 Å². The highest BCUT2D eigenvalue weighted by Gasteiger charge is 2.49. The predicted octanol–water partition coefficient (Wildman–Crippen LogP) is 4.15. The number of hydrogen-bond donors (Lipinski definition) is 0. The molecule has 2 saturated heterocycles. The zero-order chi connectivity index (χ0) is 15.1. The van der Waals surface area contributed by atoms with E-state index in [-0.39, 0.29) is 36.3 Å². The summed E-state index contributed by atoms with van der Waals surface area (Å²) < 4.78 is 5.07. The first-order valence-corrected chi connectivity index (χ1v) is 8.03. The normalized spacial score (nSPS) is 30.7. The number of esters is 1. The maximum atomic E-state index is 12.3. The van der Waals surface area contributed by atoms with Crippen LogP contribution in [0.2, 0.25) is 10.0 Å². The van der Waals surface area contributed by atoms with Crippen LogP contribution in [0.5, 0.6) is 0 Å². The lowest BCUT2D eigenvalue weighted by molar-refractivity contribution is -0.150. The molecule has 0 saturated carbocycles. The van der Waals surface area contributed by atoms with Crippen LogP contribution in [-0.4, -0.2) is 37.1 Å². The van der Waals surface area contributed by atoms with Crippen LogP contribution >= 0.6 is 35.6 Å². The van der Waals surface area contributed by atoms with E-state index in [0.717, 1.165) is 24.8 Å². The van der Waals surface area contributed by atoms with Gasteiger partial charge in [-0.1, -0.05) is 29.3 Å². The molecule has 0 radical (unpaired) electrons. The first-order chi connectivity index (χ1) is 10.0. The van der Waals surface area contributed by atoms with Crippen molar-refractivity contribution in [2.24, 2.45) is 5.92 Å². The number of hydrogen-bond acceptors (Lipinski definition) is 3. The number of methoxy groups -OCH3 is 1. The van der Waals surface area contributed by atoms with Gasteiger partial charge in [-0.05, 0) is 44.0 Å². The van der Waals surface area contributed by atoms with E-state index in [0.29, 0.717) is 16.1 Å². The number of halogens is 3. The number of nitrogens with zero attached hydrogens (tertiary/aromatic N) is 1. The Labute approximate surface area is 147 Å². The molecule has 6 heteroatoms. The maximum Gasteiger partial charge on any atom is 0.310 e. The van der Waals surface area contributed by atoms with Gasteiger partial charge in [0.2, 0.25) is 0 Å². The van der Waals surface area contributed by atoms with Gasteiger partial charge >= 0.3 is 5.97 Å². The van der Waals surface area contributed by atoms with Gasteiger partial charge in [-0.2, -0.15) is 0 Å². The third kappa shape index (κ3) is 2.96. The summed E-state index contributed by atoms with van der Waals surface area (Å²) in [5.74, 6) is -0.0971. The van der Waals surface area contributed by atoms with E-state index in [9.17, 15) is 4.79 Å². The molecular formula is C16H20Cl3NO2. The lowest BCUT2D eigenvalue weighted by Gasteiger charge is -2.41. The second-order valence-electron chi connectivity index (χ2n) is 6.03. The molecule has 2 fully saturated rings. The van der Waals surface area contributed by atoms with Crippen molar-refractivity contribution in [3.05, 3.63) is 33.8 Å². The summed E-state index contributed by atoms with van der Waals surface area (Å²) >= 11 is 12.2. The molecule has 22 heavy (non-hydrogen) atoms. The predicted molar refractivity (Wildman–Crippen MR) is 91.1 cm³/mol. The molecule has 2 heterocycles. The standard InChI is InChI=1S/C16H19Cl2NO2.ClH/c1-19-10-4-6-14(19)15(16(20)21-2)11(8-10)9-3-5-12(17)13(18)7-9;/h3,5,7,10-11,14-15H,4,6,8H2,1-2H3;1H/t10-,11-,14?,15+;/m1./s1. The molecule has 3 nitrogen and oxygen atoms in total. The lowest BCUT2D eigenvalue weighted by Crippen LogP contribution is -2.49. The summed E-state index contributed by atoms with van der Waals surface area (Å²) in [5.41, 5.74) is 1.09. The third-order valence-electron chi connectivity index (χ3n) is 5.11. The van der Waals surface area contributed by atoms with E-state index in [1.807, 2.05) is 18.2 Å². The molecule has 2 aliphatic heterocycles. The van der Waals surface area contributed by atoms with Gasteiger partial charge in [0.15, 0.2) is 0 Å². The highest BCUT2D eigenvalue weighted by Crippen LogP contribution is 2.47. The van der Waals surface area contributed by atoms with Crippen LogP contribution in [0.25, 0.3) is 0 Å². The highest BCUT2D eigenvalue weighted by atomic mass is 35.5. The first kappa shape index (κ1) is 17.9. The lowest BCUT2D eigenvalue weighted by atomic mass is 9.76. The Hall–Kier alpha value is -0.480. The smallest absolute Gasteiger partial charge is 0.310 e. The van der Waals surface area contributed by atoms with Crippen molar-refractivity contribution in [1.29, 1.82) is 0 Å². The number of fused-ring (bicyclic) bond motifs is 2. The Bertz CT molecular complexity index is 566. The zero-order valence-corrected chi connectivity index (χ0v) is 14.9. The molecule has 0 N–H and O–H groups in total. The minimum atomic E-state index is -0.129. The van der Waals surface area contributed by atoms with Gasteiger partial charge in [0.05, 0.1) is 23.1 Å². The van der Waals surface area contributed by atoms with Gasteiger partial charge in [0, 0.05) is 18.0 Å². The second-order valence-corrected chi connectivity index (χ2v) is 6.84. The van der Waals surface area contributed by atoms with Crippen molar-refractivity contribution >= 4 is 41.6 Å². The number of benzene rings is 1. The summed E-state index contributed by atoms with van der Waals surface area (Å²) in [4.78, 5) is 14.7. The number of piperidine rings is 1. The molecule has 0 amide bonds. The summed E-state index contributed by atoms with van der Waals surface area (Å²) in [5, 5.41) is 1.09. The monoisotopic (exact) mass is 363 g/mol. The molecular weight excluding hydrogens is 345 g/mol. The second kappa shape index (κ2) is 6.96. The first-order valence-electron chi connectivity index (χ1n) is 7.27. The quantitative estimate of drug-likeness (QED) is 0.738. The summed E-state index contributed by atoms with van der Waals surface area (Å²) in [6, 6.07) is 6.49. The molecule has 1 unspecified atom stereocenters. The van der Waals surface area contributed by atoms with E-state index in [2.05, 4.69) is 11.9 Å². The zero-order valence-electron chi connectivity index (χ0n) is 12.6. The minimum Gasteiger partial charge on any atom is -0.469 e. The number of rotatable bonds is 2. The van der Waals surface area contributed by atoms with Crippen LogP contribution < -0.4 is 0 Å². The summed E-state index contributed by atoms with van der Waals surface area (Å²) in [6.07, 6.45) is 3.16. The van der Waals surface area contributed by atoms with E-state index >= 15 is 0 Å².